The molecule has 0 saturated heterocycles. The van der Waals surface area contributed by atoms with E-state index in [1.54, 1.807) is 6.08 Å². The van der Waals surface area contributed by atoms with E-state index in [2.05, 4.69) is 19.1 Å². The molecule has 2 atom stereocenters. The van der Waals surface area contributed by atoms with Crippen LogP contribution in [0.15, 0.2) is 76.8 Å². The van der Waals surface area contributed by atoms with Crippen molar-refractivity contribution in [2.75, 3.05) is 6.61 Å². The third-order valence-corrected chi connectivity index (χ3v) is 7.76. The van der Waals surface area contributed by atoms with E-state index in [0.29, 0.717) is 25.9 Å². The highest BCUT2D eigenvalue weighted by Gasteiger charge is 2.28. The molecular formula is C31H37NO3S. The highest BCUT2D eigenvalue weighted by atomic mass is 32.2. The fourth-order valence-electron chi connectivity index (χ4n) is 4.25. The van der Waals surface area contributed by atoms with Crippen molar-refractivity contribution < 1.29 is 14.3 Å². The minimum absolute atomic E-state index is 0.00706. The van der Waals surface area contributed by atoms with Gasteiger partial charge in [-0.3, -0.25) is 9.59 Å². The Morgan fingerprint density at radius 1 is 1.06 bits per heavy atom. The number of ketones is 2. The zero-order valence-electron chi connectivity index (χ0n) is 22.0. The minimum Gasteiger partial charge on any atom is -0.370 e. The number of ether oxygens (including phenoxy) is 1. The number of para-hydroxylation sites is 1. The Balaban J connectivity index is 1.88. The summed E-state index contributed by atoms with van der Waals surface area (Å²) in [4.78, 5) is 30.8. The van der Waals surface area contributed by atoms with Crippen molar-refractivity contribution in [2.45, 2.75) is 71.7 Å². The van der Waals surface area contributed by atoms with Crippen molar-refractivity contribution >= 4 is 34.1 Å². The molecule has 1 aliphatic rings. The highest BCUT2D eigenvalue weighted by molar-refractivity contribution is 8.15. The number of allylic oxidation sites excluding steroid dienone is 1. The molecule has 0 saturated carbocycles. The molecule has 190 valence electrons. The predicted octanol–water partition coefficient (Wildman–Crippen LogP) is 7.30. The Bertz CT molecular complexity index is 1180. The smallest absolute Gasteiger partial charge is 0.184 e. The molecule has 0 bridgehead atoms. The summed E-state index contributed by atoms with van der Waals surface area (Å²) >= 11 is 1.50. The van der Waals surface area contributed by atoms with Gasteiger partial charge in [0, 0.05) is 19.4 Å². The molecule has 1 aliphatic carbocycles. The lowest BCUT2D eigenvalue weighted by Gasteiger charge is -2.24. The second kappa shape index (κ2) is 13.5. The molecule has 0 radical (unpaired) electrons. The molecule has 0 aromatic heterocycles. The number of carbonyl (C=O) groups excluding carboxylic acids is 2. The number of hydrogen-bond donors (Lipinski definition) is 0. The Morgan fingerprint density at radius 2 is 1.75 bits per heavy atom. The first-order valence-corrected chi connectivity index (χ1v) is 13.6. The van der Waals surface area contributed by atoms with E-state index in [9.17, 15) is 9.59 Å². The van der Waals surface area contributed by atoms with Crippen molar-refractivity contribution in [1.82, 2.24) is 0 Å². The first kappa shape index (κ1) is 27.8. The third kappa shape index (κ3) is 7.62. The van der Waals surface area contributed by atoms with Gasteiger partial charge in [-0.05, 0) is 80.5 Å². The molecule has 0 heterocycles. The highest BCUT2D eigenvalue weighted by Crippen LogP contribution is 2.32. The van der Waals surface area contributed by atoms with Gasteiger partial charge in [-0.1, -0.05) is 67.2 Å². The molecule has 0 amide bonds. The Hall–Kier alpha value is -2.76. The number of aliphatic imine (C=N–C) groups is 1. The number of aryl methyl sites for hydroxylation is 3. The summed E-state index contributed by atoms with van der Waals surface area (Å²) in [7, 11) is 0. The maximum Gasteiger partial charge on any atom is 0.184 e. The van der Waals surface area contributed by atoms with E-state index in [4.69, 9.17) is 9.73 Å². The van der Waals surface area contributed by atoms with Crippen LogP contribution in [0.25, 0.3) is 0 Å². The topological polar surface area (TPSA) is 55.7 Å². The van der Waals surface area contributed by atoms with Gasteiger partial charge in [0.15, 0.2) is 11.6 Å². The zero-order valence-corrected chi connectivity index (χ0v) is 22.9. The van der Waals surface area contributed by atoms with Gasteiger partial charge in [0.1, 0.15) is 6.10 Å². The van der Waals surface area contributed by atoms with Gasteiger partial charge in [-0.15, -0.1) is 0 Å². The number of hydrogen-bond acceptors (Lipinski definition) is 5. The van der Waals surface area contributed by atoms with Crippen LogP contribution in [0.4, 0.5) is 5.69 Å². The van der Waals surface area contributed by atoms with Crippen molar-refractivity contribution in [1.29, 1.82) is 0 Å². The summed E-state index contributed by atoms with van der Waals surface area (Å²) in [6.07, 6.45) is 5.48. The molecular weight excluding hydrogens is 466 g/mol. The van der Waals surface area contributed by atoms with Gasteiger partial charge < -0.3 is 4.74 Å². The van der Waals surface area contributed by atoms with Crippen LogP contribution >= 0.6 is 11.8 Å². The molecule has 0 aliphatic heterocycles. The number of benzene rings is 2. The maximum atomic E-state index is 13.7. The molecule has 2 aromatic carbocycles. The molecule has 0 spiro atoms. The number of nitrogens with zero attached hydrogens (tertiary/aromatic N) is 1. The average Bonchev–Trinajstić information content (AvgIpc) is 2.87. The predicted molar refractivity (Wildman–Crippen MR) is 151 cm³/mol. The fourth-order valence-corrected chi connectivity index (χ4v) is 5.32. The lowest BCUT2D eigenvalue weighted by Crippen LogP contribution is -2.28. The van der Waals surface area contributed by atoms with Crippen LogP contribution in [-0.2, 0) is 20.7 Å². The van der Waals surface area contributed by atoms with Crippen LogP contribution in [0.2, 0.25) is 0 Å². The van der Waals surface area contributed by atoms with Crippen molar-refractivity contribution in [3.05, 3.63) is 88.5 Å². The van der Waals surface area contributed by atoms with E-state index in [-0.39, 0.29) is 16.8 Å². The Labute approximate surface area is 219 Å². The summed E-state index contributed by atoms with van der Waals surface area (Å²) in [6, 6.07) is 16.2. The quantitative estimate of drug-likeness (QED) is 0.252. The second-order valence-corrected chi connectivity index (χ2v) is 10.6. The summed E-state index contributed by atoms with van der Waals surface area (Å²) in [6.45, 7) is 10.7. The van der Waals surface area contributed by atoms with Crippen molar-refractivity contribution in [3.63, 3.8) is 0 Å². The molecule has 4 nitrogen and oxygen atoms in total. The lowest BCUT2D eigenvalue weighted by atomic mass is 9.91. The summed E-state index contributed by atoms with van der Waals surface area (Å²) in [5, 5.41) is 0.467. The maximum absolute atomic E-state index is 13.7. The van der Waals surface area contributed by atoms with E-state index >= 15 is 0 Å². The largest absolute Gasteiger partial charge is 0.370 e. The number of carbonyl (C=O) groups is 2. The van der Waals surface area contributed by atoms with Gasteiger partial charge in [-0.25, -0.2) is 4.99 Å². The standard InChI is InChI=1S/C31H37NO3S/c1-6-19-35-30-20-26(16-17-28(30)33)23(4)31(29(34)18-15-25-13-9-7-11-21(25)2)36-24(5)32-27-14-10-8-12-22(27)3/h7-14,16-17,30-31H,6,15,18-20H2,1-5H3. The average molecular weight is 504 g/mol. The number of thioether (sulfide) groups is 1. The van der Waals surface area contributed by atoms with E-state index < -0.39 is 6.10 Å². The van der Waals surface area contributed by atoms with Gasteiger partial charge in [-0.2, -0.15) is 0 Å². The van der Waals surface area contributed by atoms with Crippen LogP contribution in [0.1, 0.15) is 56.7 Å². The van der Waals surface area contributed by atoms with Gasteiger partial charge in [0.05, 0.1) is 16.0 Å². The first-order valence-electron chi connectivity index (χ1n) is 12.7. The monoisotopic (exact) mass is 503 g/mol. The molecule has 5 heteroatoms. The Morgan fingerprint density at radius 3 is 2.44 bits per heavy atom. The van der Waals surface area contributed by atoms with Crippen LogP contribution < -0.4 is 0 Å². The zero-order chi connectivity index (χ0) is 26.1. The minimum atomic E-state index is -0.477. The van der Waals surface area contributed by atoms with E-state index in [1.165, 1.54) is 22.9 Å². The second-order valence-electron chi connectivity index (χ2n) is 9.32. The van der Waals surface area contributed by atoms with Crippen LogP contribution in [0.5, 0.6) is 0 Å². The third-order valence-electron chi connectivity index (χ3n) is 6.47. The van der Waals surface area contributed by atoms with Crippen LogP contribution in [-0.4, -0.2) is 34.6 Å². The van der Waals surface area contributed by atoms with Gasteiger partial charge >= 0.3 is 0 Å². The Kier molecular flexibility index (Phi) is 10.4. The molecule has 3 rings (SSSR count). The van der Waals surface area contributed by atoms with Crippen molar-refractivity contribution in [2.24, 2.45) is 4.99 Å². The number of rotatable bonds is 10. The van der Waals surface area contributed by atoms with E-state index in [0.717, 1.165) is 33.9 Å². The summed E-state index contributed by atoms with van der Waals surface area (Å²) in [5.74, 6) is 0.163. The van der Waals surface area contributed by atoms with Crippen molar-refractivity contribution in [3.8, 4) is 0 Å². The first-order chi connectivity index (χ1) is 17.3. The number of Topliss-reactive ketones (excluding diaryl/α,β-unsaturated/α-hetero) is 1. The summed E-state index contributed by atoms with van der Waals surface area (Å²) < 4.78 is 5.81. The van der Waals surface area contributed by atoms with Gasteiger partial charge in [0.2, 0.25) is 0 Å². The van der Waals surface area contributed by atoms with Gasteiger partial charge in [0.25, 0.3) is 0 Å². The molecule has 0 fully saturated rings. The molecule has 0 N–H and O–H groups in total. The van der Waals surface area contributed by atoms with Crippen LogP contribution in [0.3, 0.4) is 0 Å². The van der Waals surface area contributed by atoms with Crippen LogP contribution in [0, 0.1) is 13.8 Å². The molecule has 36 heavy (non-hydrogen) atoms. The summed E-state index contributed by atoms with van der Waals surface area (Å²) in [5.41, 5.74) is 6.38. The normalized spacial score (nSPS) is 18.3. The molecule has 2 aromatic rings. The fraction of sp³-hybridized carbons (Fsp3) is 0.387. The molecule has 2 unspecified atom stereocenters. The lowest BCUT2D eigenvalue weighted by molar-refractivity contribution is -0.125. The van der Waals surface area contributed by atoms with E-state index in [1.807, 2.05) is 70.2 Å². The SMILES string of the molecule is CCCOC1CC(=C(C)C(SC(C)=Nc2ccccc2C)C(=O)CCc2ccccc2C)C=CC1=O.